The first-order valence-corrected chi connectivity index (χ1v) is 8.91. The van der Waals surface area contributed by atoms with Gasteiger partial charge in [-0.1, -0.05) is 5.16 Å². The molecule has 150 valence electrons. The summed E-state index contributed by atoms with van der Waals surface area (Å²) in [4.78, 5) is 29.6. The first kappa shape index (κ1) is 17.7. The Kier molecular flexibility index (Phi) is 4.09. The third-order valence-electron chi connectivity index (χ3n) is 4.56. The van der Waals surface area contributed by atoms with Gasteiger partial charge < -0.3 is 18.4 Å². The van der Waals surface area contributed by atoms with Gasteiger partial charge in [0.15, 0.2) is 17.3 Å². The number of hydrogen-bond acceptors (Lipinski definition) is 8. The van der Waals surface area contributed by atoms with Crippen molar-refractivity contribution >= 4 is 22.9 Å². The van der Waals surface area contributed by atoms with E-state index >= 15 is 0 Å². The number of carbonyl (C=O) groups excluding carboxylic acids is 2. The van der Waals surface area contributed by atoms with Crippen molar-refractivity contribution in [2.45, 2.75) is 6.92 Å². The van der Waals surface area contributed by atoms with Crippen LogP contribution in [0.5, 0.6) is 11.5 Å². The van der Waals surface area contributed by atoms with E-state index in [1.807, 2.05) is 0 Å². The molecule has 2 amide bonds. The van der Waals surface area contributed by atoms with Crippen molar-refractivity contribution < 1.29 is 28.0 Å². The molecular weight excluding hydrogens is 392 g/mol. The maximum atomic E-state index is 12.9. The second-order valence-corrected chi connectivity index (χ2v) is 6.46. The molecule has 1 aliphatic rings. The standard InChI is InChI=1S/C20H14N4O6/c1-10-17-12(8-13(14-3-2-6-27-14)21-20(17)30-24-10)19(26)23-22-18(25)11-4-5-15-16(7-11)29-9-28-15/h2-8H,9H2,1H3,(H,22,25)(H,23,26). The largest absolute Gasteiger partial charge is 0.463 e. The molecule has 30 heavy (non-hydrogen) atoms. The molecule has 1 aromatic carbocycles. The maximum absolute atomic E-state index is 12.9. The van der Waals surface area contributed by atoms with E-state index in [2.05, 4.69) is 21.0 Å². The average molecular weight is 406 g/mol. The molecule has 4 aromatic rings. The quantitative estimate of drug-likeness (QED) is 0.497. The first-order chi connectivity index (χ1) is 14.6. The SMILES string of the molecule is Cc1noc2nc(-c3ccco3)cc(C(=O)NNC(=O)c3ccc4c(c3)OCO4)c12. The number of amides is 2. The molecular formula is C20H14N4O6. The molecule has 1 aliphatic heterocycles. The van der Waals surface area contributed by atoms with Gasteiger partial charge in [-0.05, 0) is 43.3 Å². The molecule has 4 heterocycles. The summed E-state index contributed by atoms with van der Waals surface area (Å²) in [5, 5.41) is 4.32. The Bertz CT molecular complexity index is 1280. The number of fused-ring (bicyclic) bond motifs is 2. The lowest BCUT2D eigenvalue weighted by molar-refractivity contribution is 0.0847. The predicted octanol–water partition coefficient (Wildman–Crippen LogP) is 2.59. The summed E-state index contributed by atoms with van der Waals surface area (Å²) in [5.41, 5.74) is 6.42. The van der Waals surface area contributed by atoms with Crippen LogP contribution in [0.15, 0.2) is 51.6 Å². The summed E-state index contributed by atoms with van der Waals surface area (Å²) in [7, 11) is 0. The zero-order valence-corrected chi connectivity index (χ0v) is 15.6. The van der Waals surface area contributed by atoms with E-state index in [-0.39, 0.29) is 18.1 Å². The zero-order valence-electron chi connectivity index (χ0n) is 15.6. The number of nitrogens with zero attached hydrogens (tertiary/aromatic N) is 2. The molecule has 10 nitrogen and oxygen atoms in total. The third-order valence-corrected chi connectivity index (χ3v) is 4.56. The van der Waals surface area contributed by atoms with Crippen molar-refractivity contribution in [1.29, 1.82) is 0 Å². The first-order valence-electron chi connectivity index (χ1n) is 8.91. The fourth-order valence-electron chi connectivity index (χ4n) is 3.12. The van der Waals surface area contributed by atoms with Crippen LogP contribution in [0, 0.1) is 6.92 Å². The van der Waals surface area contributed by atoms with Crippen molar-refractivity contribution in [3.8, 4) is 23.0 Å². The number of ether oxygens (including phenoxy) is 2. The molecule has 3 aromatic heterocycles. The van der Waals surface area contributed by atoms with Gasteiger partial charge in [0.25, 0.3) is 17.5 Å². The van der Waals surface area contributed by atoms with Gasteiger partial charge >= 0.3 is 0 Å². The maximum Gasteiger partial charge on any atom is 0.270 e. The zero-order chi connectivity index (χ0) is 20.7. The molecule has 0 atom stereocenters. The second-order valence-electron chi connectivity index (χ2n) is 6.46. The molecule has 2 N–H and O–H groups in total. The highest BCUT2D eigenvalue weighted by atomic mass is 16.7. The van der Waals surface area contributed by atoms with Crippen LogP contribution in [0.25, 0.3) is 22.6 Å². The molecule has 10 heteroatoms. The molecule has 0 spiro atoms. The second kappa shape index (κ2) is 6.92. The van der Waals surface area contributed by atoms with E-state index < -0.39 is 11.8 Å². The van der Waals surface area contributed by atoms with Crippen LogP contribution in [0.3, 0.4) is 0 Å². The number of aryl methyl sites for hydroxylation is 1. The van der Waals surface area contributed by atoms with E-state index in [0.29, 0.717) is 39.6 Å². The van der Waals surface area contributed by atoms with Gasteiger partial charge in [-0.2, -0.15) is 0 Å². The number of aromatic nitrogens is 2. The number of pyridine rings is 1. The topological polar surface area (TPSA) is 129 Å². The summed E-state index contributed by atoms with van der Waals surface area (Å²) < 4.78 is 21.1. The Labute approximate surface area is 168 Å². The number of hydrogen-bond donors (Lipinski definition) is 2. The number of furan rings is 1. The number of nitrogens with one attached hydrogen (secondary N) is 2. The van der Waals surface area contributed by atoms with Crippen molar-refractivity contribution in [2.24, 2.45) is 0 Å². The smallest absolute Gasteiger partial charge is 0.270 e. The minimum Gasteiger partial charge on any atom is -0.463 e. The van der Waals surface area contributed by atoms with Crippen LogP contribution in [0.1, 0.15) is 26.4 Å². The van der Waals surface area contributed by atoms with Crippen LogP contribution >= 0.6 is 0 Å². The van der Waals surface area contributed by atoms with Gasteiger partial charge in [-0.15, -0.1) is 0 Å². The van der Waals surface area contributed by atoms with E-state index in [9.17, 15) is 9.59 Å². The van der Waals surface area contributed by atoms with E-state index in [4.69, 9.17) is 18.4 Å². The fraction of sp³-hybridized carbons (Fsp3) is 0.100. The van der Waals surface area contributed by atoms with Gasteiger partial charge in [0, 0.05) is 5.56 Å². The van der Waals surface area contributed by atoms with E-state index in [1.54, 1.807) is 37.3 Å². The van der Waals surface area contributed by atoms with Gasteiger partial charge in [0.05, 0.1) is 22.9 Å². The highest BCUT2D eigenvalue weighted by Crippen LogP contribution is 2.32. The van der Waals surface area contributed by atoms with E-state index in [0.717, 1.165) is 0 Å². The highest BCUT2D eigenvalue weighted by molar-refractivity contribution is 6.08. The monoisotopic (exact) mass is 406 g/mol. The van der Waals surface area contributed by atoms with Gasteiger partial charge in [0.1, 0.15) is 5.69 Å². The highest BCUT2D eigenvalue weighted by Gasteiger charge is 2.21. The van der Waals surface area contributed by atoms with Gasteiger partial charge in [-0.25, -0.2) is 4.98 Å². The van der Waals surface area contributed by atoms with E-state index in [1.165, 1.54) is 12.3 Å². The normalized spacial score (nSPS) is 12.2. The van der Waals surface area contributed by atoms with Crippen LogP contribution < -0.4 is 20.3 Å². The molecule has 0 unspecified atom stereocenters. The third kappa shape index (κ3) is 3.00. The fourth-order valence-corrected chi connectivity index (χ4v) is 3.12. The summed E-state index contributed by atoms with van der Waals surface area (Å²) in [6, 6.07) is 9.69. The van der Waals surface area contributed by atoms with Gasteiger partial charge in [0.2, 0.25) is 6.79 Å². The molecule has 0 saturated heterocycles. The van der Waals surface area contributed by atoms with Crippen LogP contribution in [0.4, 0.5) is 0 Å². The molecule has 5 rings (SSSR count). The molecule has 0 aliphatic carbocycles. The molecule has 0 radical (unpaired) electrons. The lowest BCUT2D eigenvalue weighted by atomic mass is 10.1. The number of benzene rings is 1. The van der Waals surface area contributed by atoms with Crippen molar-refractivity contribution in [3.05, 3.63) is 59.5 Å². The van der Waals surface area contributed by atoms with Crippen LogP contribution in [0.2, 0.25) is 0 Å². The Morgan fingerprint density at radius 2 is 1.87 bits per heavy atom. The Hall–Kier alpha value is -4.34. The lowest BCUT2D eigenvalue weighted by Crippen LogP contribution is -2.41. The number of carbonyl (C=O) groups is 2. The van der Waals surface area contributed by atoms with Crippen molar-refractivity contribution in [2.75, 3.05) is 6.79 Å². The molecule has 0 bridgehead atoms. The molecule has 0 fully saturated rings. The summed E-state index contributed by atoms with van der Waals surface area (Å²) in [5.74, 6) is 0.413. The van der Waals surface area contributed by atoms with Crippen LogP contribution in [-0.4, -0.2) is 28.7 Å². The minimum absolute atomic E-state index is 0.102. The minimum atomic E-state index is -0.560. The van der Waals surface area contributed by atoms with Crippen molar-refractivity contribution in [3.63, 3.8) is 0 Å². The Morgan fingerprint density at radius 3 is 2.70 bits per heavy atom. The Balaban J connectivity index is 1.40. The summed E-state index contributed by atoms with van der Waals surface area (Å²) in [6.07, 6.45) is 1.50. The summed E-state index contributed by atoms with van der Waals surface area (Å²) in [6.45, 7) is 1.80. The van der Waals surface area contributed by atoms with Gasteiger partial charge in [-0.3, -0.25) is 20.4 Å². The summed E-state index contributed by atoms with van der Waals surface area (Å²) >= 11 is 0. The molecule has 0 saturated carbocycles. The number of rotatable bonds is 3. The lowest BCUT2D eigenvalue weighted by Gasteiger charge is -2.09. The number of hydrazine groups is 1. The average Bonchev–Trinajstić information content (AvgIpc) is 3.51. The predicted molar refractivity (Wildman–Crippen MR) is 102 cm³/mol. The van der Waals surface area contributed by atoms with Crippen LogP contribution in [-0.2, 0) is 0 Å². The van der Waals surface area contributed by atoms with Crippen molar-refractivity contribution in [1.82, 2.24) is 21.0 Å². The Morgan fingerprint density at radius 1 is 1.03 bits per heavy atom.